The van der Waals surface area contributed by atoms with Gasteiger partial charge in [-0.3, -0.25) is 4.57 Å². The molecule has 0 amide bonds. The minimum Gasteiger partial charge on any atom is -0.324 e. The van der Waals surface area contributed by atoms with Gasteiger partial charge in [0.15, 0.2) is 0 Å². The minimum atomic E-state index is -2.49. The molecule has 0 N–H and O–H groups in total. The molecule has 4 heteroatoms. The third-order valence-electron chi connectivity index (χ3n) is 1.65. The Labute approximate surface area is 82.9 Å². The van der Waals surface area contributed by atoms with Gasteiger partial charge in [0, 0.05) is 18.2 Å². The summed E-state index contributed by atoms with van der Waals surface area (Å²) in [5, 5.41) is 0. The van der Waals surface area contributed by atoms with Gasteiger partial charge in [0.1, 0.15) is 0 Å². The van der Waals surface area contributed by atoms with E-state index in [0.29, 0.717) is 6.16 Å². The van der Waals surface area contributed by atoms with Crippen molar-refractivity contribution in [1.82, 2.24) is 0 Å². The maximum Gasteiger partial charge on any atom is 0.261 e. The van der Waals surface area contributed by atoms with Gasteiger partial charge >= 0.3 is 0 Å². The first-order valence-corrected chi connectivity index (χ1v) is 7.33. The zero-order chi connectivity index (χ0) is 9.73. The molecule has 0 saturated heterocycles. The Kier molecular flexibility index (Phi) is 4.04. The summed E-state index contributed by atoms with van der Waals surface area (Å²) in [5.41, 5.74) is 0. The van der Waals surface area contributed by atoms with E-state index < -0.39 is 6.57 Å². The van der Waals surface area contributed by atoms with Crippen LogP contribution in [0.5, 0.6) is 0 Å². The Morgan fingerprint density at radius 3 is 2.46 bits per heavy atom. The average molecular weight is 216 g/mol. The molecule has 2 nitrogen and oxygen atoms in total. The summed E-state index contributed by atoms with van der Waals surface area (Å²) >= 11 is 1.32. The Balaban J connectivity index is 2.74. The molecule has 0 spiro atoms. The maximum absolute atomic E-state index is 11.9. The number of hydrogen-bond donors (Lipinski definition) is 0. The Hall–Kier alpha value is -0.240. The quantitative estimate of drug-likeness (QED) is 0.719. The van der Waals surface area contributed by atoms with Gasteiger partial charge in [0.05, 0.1) is 0 Å². The van der Waals surface area contributed by atoms with E-state index in [-0.39, 0.29) is 0 Å². The van der Waals surface area contributed by atoms with E-state index in [1.54, 1.807) is 0 Å². The summed E-state index contributed by atoms with van der Waals surface area (Å²) in [6.45, 7) is -0.611. The highest BCUT2D eigenvalue weighted by Crippen LogP contribution is 2.61. The van der Waals surface area contributed by atoms with Crippen molar-refractivity contribution < 1.29 is 9.09 Å². The van der Waals surface area contributed by atoms with Crippen molar-refractivity contribution in [3.05, 3.63) is 30.3 Å². The fraction of sp³-hybridized carbons (Fsp3) is 0.333. The summed E-state index contributed by atoms with van der Waals surface area (Å²) in [5.74, 6) is 0. The molecule has 0 radical (unpaired) electrons. The average Bonchev–Trinajstić information content (AvgIpc) is 2.19. The van der Waals surface area contributed by atoms with Crippen LogP contribution in [0.2, 0.25) is 0 Å². The zero-order valence-electron chi connectivity index (χ0n) is 7.77. The third kappa shape index (κ3) is 3.18. The smallest absolute Gasteiger partial charge is 0.261 e. The van der Waals surface area contributed by atoms with Crippen molar-refractivity contribution in [3.63, 3.8) is 0 Å². The van der Waals surface area contributed by atoms with Crippen LogP contribution in [0, 0.1) is 0 Å². The van der Waals surface area contributed by atoms with Crippen molar-refractivity contribution in [2.75, 3.05) is 13.3 Å². The van der Waals surface area contributed by atoms with E-state index in [1.165, 1.54) is 18.5 Å². The molecule has 1 unspecified atom stereocenters. The van der Waals surface area contributed by atoms with E-state index in [0.717, 1.165) is 4.90 Å². The highest BCUT2D eigenvalue weighted by molar-refractivity contribution is 8.56. The molecule has 0 fully saturated rings. The molecule has 0 saturated carbocycles. The normalized spacial score (nSPS) is 15.2. The molecule has 1 aromatic carbocycles. The summed E-state index contributed by atoms with van der Waals surface area (Å²) < 4.78 is 16.9. The highest BCUT2D eigenvalue weighted by atomic mass is 32.7. The fourth-order valence-electron chi connectivity index (χ4n) is 0.873. The lowest BCUT2D eigenvalue weighted by Gasteiger charge is -2.12. The fourth-order valence-corrected chi connectivity index (χ4v) is 3.87. The predicted molar refractivity (Wildman–Crippen MR) is 57.5 cm³/mol. The van der Waals surface area contributed by atoms with Crippen LogP contribution in [-0.2, 0) is 9.09 Å². The van der Waals surface area contributed by atoms with Crippen molar-refractivity contribution in [3.8, 4) is 0 Å². The van der Waals surface area contributed by atoms with E-state index >= 15 is 0 Å². The van der Waals surface area contributed by atoms with Crippen LogP contribution >= 0.6 is 18.0 Å². The van der Waals surface area contributed by atoms with E-state index in [9.17, 15) is 4.57 Å². The van der Waals surface area contributed by atoms with Gasteiger partial charge < -0.3 is 4.52 Å². The Bertz CT molecular complexity index is 292. The second-order valence-electron chi connectivity index (χ2n) is 2.51. The lowest BCUT2D eigenvalue weighted by molar-refractivity contribution is 0.410. The van der Waals surface area contributed by atoms with Crippen molar-refractivity contribution >= 4 is 18.0 Å². The van der Waals surface area contributed by atoms with E-state index in [4.69, 9.17) is 4.52 Å². The summed E-state index contributed by atoms with van der Waals surface area (Å²) in [6, 6.07) is 9.67. The number of hydrogen-bond acceptors (Lipinski definition) is 3. The lowest BCUT2D eigenvalue weighted by atomic mass is 10.4. The zero-order valence-corrected chi connectivity index (χ0v) is 9.48. The first-order chi connectivity index (χ1) is 6.20. The van der Waals surface area contributed by atoms with Crippen molar-refractivity contribution in [2.45, 2.75) is 11.8 Å². The summed E-state index contributed by atoms with van der Waals surface area (Å²) in [6.07, 6.45) is 0.559. The van der Waals surface area contributed by atoms with Gasteiger partial charge in [-0.15, -0.1) is 0 Å². The van der Waals surface area contributed by atoms with Crippen LogP contribution in [0.15, 0.2) is 35.2 Å². The Morgan fingerprint density at radius 2 is 2.00 bits per heavy atom. The molecule has 1 atom stereocenters. The van der Waals surface area contributed by atoms with Crippen molar-refractivity contribution in [1.29, 1.82) is 0 Å². The number of rotatable bonds is 4. The monoisotopic (exact) mass is 216 g/mol. The molecule has 0 aliphatic rings. The first-order valence-electron chi connectivity index (χ1n) is 4.09. The molecule has 1 aromatic rings. The Morgan fingerprint density at radius 1 is 1.38 bits per heavy atom. The predicted octanol–water partition coefficient (Wildman–Crippen LogP) is 3.64. The van der Waals surface area contributed by atoms with Crippen LogP contribution in [-0.4, -0.2) is 13.3 Å². The maximum atomic E-state index is 11.9. The molecule has 0 heterocycles. The van der Waals surface area contributed by atoms with Gasteiger partial charge in [0.2, 0.25) is 0 Å². The van der Waals surface area contributed by atoms with Crippen LogP contribution < -0.4 is 0 Å². The number of benzene rings is 1. The molecule has 72 valence electrons. The third-order valence-corrected chi connectivity index (χ3v) is 6.43. The molecular weight excluding hydrogens is 203 g/mol. The largest absolute Gasteiger partial charge is 0.324 e. The van der Waals surface area contributed by atoms with Gasteiger partial charge in [-0.2, -0.15) is 0 Å². The van der Waals surface area contributed by atoms with Crippen LogP contribution in [0.25, 0.3) is 0 Å². The van der Waals surface area contributed by atoms with Gasteiger partial charge in [-0.1, -0.05) is 25.1 Å². The molecule has 13 heavy (non-hydrogen) atoms. The van der Waals surface area contributed by atoms with Crippen LogP contribution in [0.4, 0.5) is 0 Å². The van der Waals surface area contributed by atoms with Gasteiger partial charge in [0.25, 0.3) is 6.57 Å². The lowest BCUT2D eigenvalue weighted by Crippen LogP contribution is -1.83. The molecule has 0 bridgehead atoms. The van der Waals surface area contributed by atoms with E-state index in [1.807, 2.05) is 37.3 Å². The molecule has 0 aliphatic carbocycles. The molecule has 0 aliphatic heterocycles. The van der Waals surface area contributed by atoms with Gasteiger partial charge in [-0.05, 0) is 23.5 Å². The SMILES string of the molecule is CCP(=O)(OC)Sc1ccccc1. The molecule has 1 rings (SSSR count). The molecular formula is C9H13O2PS. The van der Waals surface area contributed by atoms with Crippen molar-refractivity contribution in [2.24, 2.45) is 0 Å². The van der Waals surface area contributed by atoms with Crippen LogP contribution in [0.3, 0.4) is 0 Å². The second kappa shape index (κ2) is 4.85. The highest BCUT2D eigenvalue weighted by Gasteiger charge is 2.19. The van der Waals surface area contributed by atoms with E-state index in [2.05, 4.69) is 0 Å². The molecule has 0 aromatic heterocycles. The minimum absolute atomic E-state index is 0.559. The summed E-state index contributed by atoms with van der Waals surface area (Å²) in [7, 11) is 1.50. The van der Waals surface area contributed by atoms with Gasteiger partial charge in [-0.25, -0.2) is 0 Å². The first kappa shape index (κ1) is 10.8. The standard InChI is InChI=1S/C9H13O2PS/c1-3-12(10,11-2)13-9-7-5-4-6-8-9/h4-8H,3H2,1-2H3. The second-order valence-corrected chi connectivity index (χ2v) is 7.60. The topological polar surface area (TPSA) is 26.3 Å². The summed E-state index contributed by atoms with van der Waals surface area (Å²) in [4.78, 5) is 0.995. The van der Waals surface area contributed by atoms with Crippen LogP contribution in [0.1, 0.15) is 6.92 Å².